The summed E-state index contributed by atoms with van der Waals surface area (Å²) in [5, 5.41) is 0. The first kappa shape index (κ1) is 14.1. The van der Waals surface area contributed by atoms with Gasteiger partial charge in [-0.25, -0.2) is 0 Å². The summed E-state index contributed by atoms with van der Waals surface area (Å²) in [5.74, 6) is 0.665. The van der Waals surface area contributed by atoms with Gasteiger partial charge in [0.05, 0.1) is 6.04 Å². The lowest BCUT2D eigenvalue weighted by Gasteiger charge is -2.22. The maximum atomic E-state index is 11.9. The van der Waals surface area contributed by atoms with E-state index >= 15 is 0 Å². The molecule has 1 aromatic rings. The molecule has 94 valence electrons. The summed E-state index contributed by atoms with van der Waals surface area (Å²) < 4.78 is 0. The van der Waals surface area contributed by atoms with Crippen LogP contribution in [0.25, 0.3) is 0 Å². The zero-order chi connectivity index (χ0) is 12.7. The molecule has 0 unspecified atom stereocenters. The molecule has 1 amide bonds. The second-order valence-electron chi connectivity index (χ2n) is 3.74. The maximum absolute atomic E-state index is 11.9. The summed E-state index contributed by atoms with van der Waals surface area (Å²) in [7, 11) is 0. The van der Waals surface area contributed by atoms with Crippen LogP contribution < -0.4 is 5.73 Å². The largest absolute Gasteiger partial charge is 0.342 e. The van der Waals surface area contributed by atoms with Gasteiger partial charge in [-0.2, -0.15) is 0 Å². The van der Waals surface area contributed by atoms with Crippen molar-refractivity contribution in [3.63, 3.8) is 0 Å². The summed E-state index contributed by atoms with van der Waals surface area (Å²) in [4.78, 5) is 14.8. The van der Waals surface area contributed by atoms with E-state index in [4.69, 9.17) is 5.73 Å². The predicted octanol–water partition coefficient (Wildman–Crippen LogP) is 1.97. The van der Waals surface area contributed by atoms with Gasteiger partial charge >= 0.3 is 0 Å². The summed E-state index contributed by atoms with van der Waals surface area (Å²) >= 11 is 1.62. The van der Waals surface area contributed by atoms with Gasteiger partial charge < -0.3 is 10.6 Å². The van der Waals surface area contributed by atoms with Crippen molar-refractivity contribution in [2.24, 2.45) is 5.73 Å². The highest BCUT2D eigenvalue weighted by Crippen LogP contribution is 2.17. The van der Waals surface area contributed by atoms with Crippen molar-refractivity contribution < 1.29 is 4.79 Å². The fourth-order valence-electron chi connectivity index (χ4n) is 1.54. The predicted molar refractivity (Wildman–Crippen MR) is 73.1 cm³/mol. The zero-order valence-electron chi connectivity index (χ0n) is 10.4. The number of hydrogen-bond donors (Lipinski definition) is 1. The number of rotatable bonds is 6. The molecule has 0 spiro atoms. The Morgan fingerprint density at radius 3 is 2.41 bits per heavy atom. The molecule has 0 heterocycles. The molecule has 0 aromatic heterocycles. The highest BCUT2D eigenvalue weighted by molar-refractivity contribution is 7.99. The van der Waals surface area contributed by atoms with Crippen molar-refractivity contribution in [2.75, 3.05) is 18.8 Å². The van der Waals surface area contributed by atoms with Crippen LogP contribution in [0, 0.1) is 0 Å². The Morgan fingerprint density at radius 1 is 1.29 bits per heavy atom. The molecule has 0 saturated heterocycles. The second kappa shape index (κ2) is 7.35. The van der Waals surface area contributed by atoms with Crippen molar-refractivity contribution in [1.29, 1.82) is 0 Å². The average Bonchev–Trinajstić information content (AvgIpc) is 2.38. The van der Waals surface area contributed by atoms with Crippen molar-refractivity contribution in [3.05, 3.63) is 30.3 Å². The summed E-state index contributed by atoms with van der Waals surface area (Å²) in [6.45, 7) is 5.38. The van der Waals surface area contributed by atoms with Gasteiger partial charge in [-0.15, -0.1) is 11.8 Å². The average molecular weight is 252 g/mol. The van der Waals surface area contributed by atoms with Crippen molar-refractivity contribution in [3.8, 4) is 0 Å². The first-order chi connectivity index (χ1) is 8.19. The highest BCUT2D eigenvalue weighted by Gasteiger charge is 2.18. The molecule has 1 atom stereocenters. The molecule has 1 aromatic carbocycles. The minimum absolute atomic E-state index is 0.0402. The number of benzene rings is 1. The van der Waals surface area contributed by atoms with Crippen molar-refractivity contribution in [1.82, 2.24) is 4.90 Å². The molecular weight excluding hydrogens is 232 g/mol. The summed E-state index contributed by atoms with van der Waals surface area (Å²) in [5.41, 5.74) is 5.91. The lowest BCUT2D eigenvalue weighted by Crippen LogP contribution is -2.44. The van der Waals surface area contributed by atoms with Crippen LogP contribution in [0.3, 0.4) is 0 Å². The van der Waals surface area contributed by atoms with Gasteiger partial charge in [-0.1, -0.05) is 18.2 Å². The number of nitrogens with zero attached hydrogens (tertiary/aromatic N) is 1. The molecular formula is C13H20N2OS. The lowest BCUT2D eigenvalue weighted by molar-refractivity contribution is -0.131. The number of nitrogens with two attached hydrogens (primary N) is 1. The fourth-order valence-corrected chi connectivity index (χ4v) is 2.41. The van der Waals surface area contributed by atoms with E-state index in [1.54, 1.807) is 16.7 Å². The molecule has 3 nitrogen and oxygen atoms in total. The Labute approximate surface area is 107 Å². The van der Waals surface area contributed by atoms with Crippen LogP contribution in [0.15, 0.2) is 35.2 Å². The third-order valence-corrected chi connectivity index (χ3v) is 3.70. The van der Waals surface area contributed by atoms with E-state index in [2.05, 4.69) is 0 Å². The van der Waals surface area contributed by atoms with E-state index in [9.17, 15) is 4.79 Å². The Bertz CT molecular complexity index is 339. The van der Waals surface area contributed by atoms with Crippen LogP contribution in [0.4, 0.5) is 0 Å². The monoisotopic (exact) mass is 252 g/mol. The molecule has 1 rings (SSSR count). The molecule has 0 aliphatic carbocycles. The maximum Gasteiger partial charge on any atom is 0.240 e. The minimum Gasteiger partial charge on any atom is -0.342 e. The van der Waals surface area contributed by atoms with Crippen LogP contribution in [0.1, 0.15) is 13.8 Å². The van der Waals surface area contributed by atoms with Gasteiger partial charge in [0.2, 0.25) is 5.91 Å². The molecule has 4 heteroatoms. The number of thioether (sulfide) groups is 1. The van der Waals surface area contributed by atoms with E-state index in [0.29, 0.717) is 5.75 Å². The van der Waals surface area contributed by atoms with Gasteiger partial charge in [-0.3, -0.25) is 4.79 Å². The Kier molecular flexibility index (Phi) is 6.08. The van der Waals surface area contributed by atoms with E-state index in [1.807, 2.05) is 44.2 Å². The quantitative estimate of drug-likeness (QED) is 0.787. The number of likely N-dealkylation sites (N-methyl/N-ethyl adjacent to an activating group) is 1. The van der Waals surface area contributed by atoms with Crippen molar-refractivity contribution in [2.45, 2.75) is 24.8 Å². The molecule has 0 aliphatic rings. The Morgan fingerprint density at radius 2 is 1.88 bits per heavy atom. The molecule has 2 N–H and O–H groups in total. The highest BCUT2D eigenvalue weighted by atomic mass is 32.2. The minimum atomic E-state index is -0.417. The number of amides is 1. The molecule has 0 bridgehead atoms. The lowest BCUT2D eigenvalue weighted by atomic mass is 10.3. The van der Waals surface area contributed by atoms with E-state index < -0.39 is 6.04 Å². The molecule has 0 aliphatic heterocycles. The van der Waals surface area contributed by atoms with Crippen LogP contribution in [-0.2, 0) is 4.79 Å². The van der Waals surface area contributed by atoms with E-state index in [1.165, 1.54) is 0 Å². The summed E-state index contributed by atoms with van der Waals surface area (Å²) in [6, 6.07) is 9.59. The smallest absolute Gasteiger partial charge is 0.240 e. The first-order valence-corrected chi connectivity index (χ1v) is 6.89. The molecule has 17 heavy (non-hydrogen) atoms. The third kappa shape index (κ3) is 4.40. The second-order valence-corrected chi connectivity index (χ2v) is 4.83. The van der Waals surface area contributed by atoms with Crippen LogP contribution in [-0.4, -0.2) is 35.7 Å². The van der Waals surface area contributed by atoms with Gasteiger partial charge in [0.25, 0.3) is 0 Å². The fraction of sp³-hybridized carbons (Fsp3) is 0.462. The van der Waals surface area contributed by atoms with Gasteiger partial charge in [0.15, 0.2) is 0 Å². The number of carbonyl (C=O) groups is 1. The SMILES string of the molecule is CCN(CC)C(=O)[C@@H](N)CSc1ccccc1. The van der Waals surface area contributed by atoms with E-state index in [0.717, 1.165) is 18.0 Å². The molecule has 0 saturated carbocycles. The van der Waals surface area contributed by atoms with Crippen molar-refractivity contribution >= 4 is 17.7 Å². The normalized spacial score (nSPS) is 12.2. The molecule has 0 radical (unpaired) electrons. The van der Waals surface area contributed by atoms with Crippen LogP contribution >= 0.6 is 11.8 Å². The van der Waals surface area contributed by atoms with Gasteiger partial charge in [0.1, 0.15) is 0 Å². The zero-order valence-corrected chi connectivity index (χ0v) is 11.2. The van der Waals surface area contributed by atoms with Gasteiger partial charge in [0, 0.05) is 23.7 Å². The van der Waals surface area contributed by atoms with E-state index in [-0.39, 0.29) is 5.91 Å². The summed E-state index contributed by atoms with van der Waals surface area (Å²) in [6.07, 6.45) is 0. The Balaban J connectivity index is 2.44. The number of carbonyl (C=O) groups excluding carboxylic acids is 1. The van der Waals surface area contributed by atoms with Crippen LogP contribution in [0.2, 0.25) is 0 Å². The topological polar surface area (TPSA) is 46.3 Å². The molecule has 0 fully saturated rings. The standard InChI is InChI=1S/C13H20N2OS/c1-3-15(4-2)13(16)12(14)10-17-11-8-6-5-7-9-11/h5-9,12H,3-4,10,14H2,1-2H3/t12-/m0/s1. The van der Waals surface area contributed by atoms with Gasteiger partial charge in [-0.05, 0) is 26.0 Å². The number of hydrogen-bond acceptors (Lipinski definition) is 3. The Hall–Kier alpha value is -1.00. The first-order valence-electron chi connectivity index (χ1n) is 5.91. The van der Waals surface area contributed by atoms with Crippen LogP contribution in [0.5, 0.6) is 0 Å². The third-order valence-electron chi connectivity index (χ3n) is 2.57.